The second-order valence-corrected chi connectivity index (χ2v) is 5.43. The number of nitrogens with one attached hydrogen (secondary N) is 1. The van der Waals surface area contributed by atoms with E-state index in [-0.39, 0.29) is 18.3 Å². The average molecular weight is 333 g/mol. The lowest BCUT2D eigenvalue weighted by Crippen LogP contribution is -2.24. The highest BCUT2D eigenvalue weighted by Gasteiger charge is 2.06. The average Bonchev–Trinajstić information content (AvgIpc) is 2.50. The summed E-state index contributed by atoms with van der Waals surface area (Å²) in [6.45, 7) is 3.60. The van der Waals surface area contributed by atoms with Crippen LogP contribution in [-0.4, -0.2) is 23.8 Å². The number of aryl methyl sites for hydroxylation is 2. The van der Waals surface area contributed by atoms with Gasteiger partial charge in [0.2, 0.25) is 0 Å². The first kappa shape index (κ1) is 16.8. The molecule has 2 rings (SSSR count). The summed E-state index contributed by atoms with van der Waals surface area (Å²) >= 11 is 6.08. The minimum absolute atomic E-state index is 0.136. The van der Waals surface area contributed by atoms with Gasteiger partial charge in [0.15, 0.2) is 6.61 Å². The van der Waals surface area contributed by atoms with Crippen molar-refractivity contribution in [1.29, 1.82) is 0 Å². The number of carbonyl (C=O) groups excluding carboxylic acids is 1. The van der Waals surface area contributed by atoms with Gasteiger partial charge in [0.1, 0.15) is 11.5 Å². The zero-order chi connectivity index (χ0) is 16.8. The highest BCUT2D eigenvalue weighted by molar-refractivity contribution is 6.32. The molecule has 0 radical (unpaired) electrons. The molecule has 2 N–H and O–H groups in total. The third-order valence-electron chi connectivity index (χ3n) is 3.05. The molecule has 0 saturated heterocycles. The fourth-order valence-electron chi connectivity index (χ4n) is 1.95. The first-order chi connectivity index (χ1) is 11.0. The van der Waals surface area contributed by atoms with Crippen LogP contribution >= 0.6 is 11.6 Å². The molecule has 2 aromatic carbocycles. The quantitative estimate of drug-likeness (QED) is 0.652. The summed E-state index contributed by atoms with van der Waals surface area (Å²) in [5, 5.41) is 13.8. The second-order valence-electron chi connectivity index (χ2n) is 5.05. The molecule has 0 aromatic heterocycles. The normalized spacial score (nSPS) is 10.7. The van der Waals surface area contributed by atoms with Crippen molar-refractivity contribution in [2.75, 3.05) is 6.61 Å². The monoisotopic (exact) mass is 332 g/mol. The van der Waals surface area contributed by atoms with Crippen molar-refractivity contribution < 1.29 is 14.6 Å². The van der Waals surface area contributed by atoms with Gasteiger partial charge in [-0.1, -0.05) is 23.7 Å². The van der Waals surface area contributed by atoms with Crippen molar-refractivity contribution in [2.45, 2.75) is 13.8 Å². The number of phenols is 1. The molecule has 5 nitrogen and oxygen atoms in total. The molecule has 0 atom stereocenters. The molecular formula is C17H17ClN2O3. The van der Waals surface area contributed by atoms with E-state index < -0.39 is 0 Å². The predicted molar refractivity (Wildman–Crippen MR) is 90.3 cm³/mol. The number of benzene rings is 2. The number of amides is 1. The zero-order valence-corrected chi connectivity index (χ0v) is 13.6. The van der Waals surface area contributed by atoms with Crippen LogP contribution in [0.1, 0.15) is 16.7 Å². The number of hydrogen-bond donors (Lipinski definition) is 2. The van der Waals surface area contributed by atoms with Crippen molar-refractivity contribution in [1.82, 2.24) is 5.43 Å². The van der Waals surface area contributed by atoms with Crippen molar-refractivity contribution in [3.63, 3.8) is 0 Å². The Morgan fingerprint density at radius 3 is 2.65 bits per heavy atom. The van der Waals surface area contributed by atoms with E-state index >= 15 is 0 Å². The Bertz CT molecular complexity index is 721. The fourth-order valence-corrected chi connectivity index (χ4v) is 2.06. The summed E-state index contributed by atoms with van der Waals surface area (Å²) in [4.78, 5) is 11.7. The van der Waals surface area contributed by atoms with Crippen LogP contribution in [0.3, 0.4) is 0 Å². The summed E-state index contributed by atoms with van der Waals surface area (Å²) in [5.74, 6) is 0.334. The van der Waals surface area contributed by atoms with E-state index in [0.717, 1.165) is 11.1 Å². The number of carbonyl (C=O) groups is 1. The van der Waals surface area contributed by atoms with Gasteiger partial charge < -0.3 is 9.84 Å². The van der Waals surface area contributed by atoms with Crippen molar-refractivity contribution in [3.05, 3.63) is 58.1 Å². The summed E-state index contributed by atoms with van der Waals surface area (Å²) in [6, 6.07) is 10.1. The first-order valence-corrected chi connectivity index (χ1v) is 7.34. The van der Waals surface area contributed by atoms with Gasteiger partial charge in [-0.2, -0.15) is 5.10 Å². The molecule has 23 heavy (non-hydrogen) atoms. The van der Waals surface area contributed by atoms with Crippen molar-refractivity contribution in [2.24, 2.45) is 5.10 Å². The molecule has 0 saturated carbocycles. The van der Waals surface area contributed by atoms with E-state index in [1.165, 1.54) is 12.3 Å². The van der Waals surface area contributed by atoms with E-state index in [2.05, 4.69) is 10.5 Å². The Morgan fingerprint density at radius 1 is 1.30 bits per heavy atom. The van der Waals surface area contributed by atoms with Crippen LogP contribution in [0.25, 0.3) is 0 Å². The van der Waals surface area contributed by atoms with Crippen LogP contribution in [0.2, 0.25) is 5.02 Å². The van der Waals surface area contributed by atoms with Crippen molar-refractivity contribution >= 4 is 23.7 Å². The molecule has 0 fully saturated rings. The smallest absolute Gasteiger partial charge is 0.277 e. The topological polar surface area (TPSA) is 70.9 Å². The Labute approximate surface area is 139 Å². The molecule has 0 spiro atoms. The molecule has 0 aliphatic heterocycles. The maximum absolute atomic E-state index is 11.7. The van der Waals surface area contributed by atoms with Gasteiger partial charge in [-0.15, -0.1) is 0 Å². The highest BCUT2D eigenvalue weighted by atomic mass is 35.5. The molecule has 0 bridgehead atoms. The van der Waals surface area contributed by atoms with Gasteiger partial charge in [0.05, 0.1) is 6.21 Å². The van der Waals surface area contributed by atoms with E-state index in [1.54, 1.807) is 30.3 Å². The second kappa shape index (κ2) is 7.65. The number of hydrazone groups is 1. The third-order valence-corrected chi connectivity index (χ3v) is 3.65. The lowest BCUT2D eigenvalue weighted by Gasteiger charge is -2.09. The van der Waals surface area contributed by atoms with Gasteiger partial charge in [0, 0.05) is 5.02 Å². The number of rotatable bonds is 5. The molecular weight excluding hydrogens is 316 g/mol. The van der Waals surface area contributed by atoms with Gasteiger partial charge >= 0.3 is 0 Å². The molecule has 0 aliphatic rings. The number of phenolic OH excluding ortho intramolecular Hbond substituents is 1. The predicted octanol–water partition coefficient (Wildman–Crippen LogP) is 3.19. The molecule has 120 valence electrons. The van der Waals surface area contributed by atoms with Gasteiger partial charge in [-0.25, -0.2) is 5.43 Å². The van der Waals surface area contributed by atoms with Crippen LogP contribution in [0, 0.1) is 13.8 Å². The van der Waals surface area contributed by atoms with E-state index in [9.17, 15) is 9.90 Å². The number of hydrogen-bond acceptors (Lipinski definition) is 4. The minimum Gasteiger partial charge on any atom is -0.508 e. The van der Waals surface area contributed by atoms with Gasteiger partial charge in [0.25, 0.3) is 5.91 Å². The molecule has 0 heterocycles. The van der Waals surface area contributed by atoms with Crippen LogP contribution in [-0.2, 0) is 4.79 Å². The molecule has 6 heteroatoms. The largest absolute Gasteiger partial charge is 0.508 e. The summed E-state index contributed by atoms with van der Waals surface area (Å²) in [5.41, 5.74) is 4.82. The molecule has 0 aliphatic carbocycles. The maximum atomic E-state index is 11.7. The highest BCUT2D eigenvalue weighted by Crippen LogP contribution is 2.25. The van der Waals surface area contributed by atoms with E-state index in [0.29, 0.717) is 16.3 Å². The number of nitrogens with zero attached hydrogens (tertiary/aromatic N) is 1. The lowest BCUT2D eigenvalue weighted by molar-refractivity contribution is -0.123. The van der Waals surface area contributed by atoms with Crippen LogP contribution in [0.5, 0.6) is 11.5 Å². The summed E-state index contributed by atoms with van der Waals surface area (Å²) in [7, 11) is 0. The molecule has 1 amide bonds. The number of aromatic hydroxyl groups is 1. The first-order valence-electron chi connectivity index (χ1n) is 6.96. The van der Waals surface area contributed by atoms with Crippen LogP contribution < -0.4 is 10.2 Å². The standard InChI is InChI=1S/C17H17ClN2O3/c1-11-6-15(7-12(2)17(11)18)23-10-16(22)20-19-9-13-4-3-5-14(21)8-13/h3-9,21H,10H2,1-2H3,(H,20,22). The van der Waals surface area contributed by atoms with Gasteiger partial charge in [-0.3, -0.25) is 4.79 Å². The van der Waals surface area contributed by atoms with Crippen LogP contribution in [0.15, 0.2) is 41.5 Å². The van der Waals surface area contributed by atoms with E-state index in [1.807, 2.05) is 13.8 Å². The SMILES string of the molecule is Cc1cc(OCC(=O)NN=Cc2cccc(O)c2)cc(C)c1Cl. The Morgan fingerprint density at radius 2 is 2.00 bits per heavy atom. The summed E-state index contributed by atoms with van der Waals surface area (Å²) in [6.07, 6.45) is 1.44. The Kier molecular flexibility index (Phi) is 5.60. The maximum Gasteiger partial charge on any atom is 0.277 e. The summed E-state index contributed by atoms with van der Waals surface area (Å²) < 4.78 is 5.42. The molecule has 2 aromatic rings. The molecule has 0 unspecified atom stereocenters. The zero-order valence-electron chi connectivity index (χ0n) is 12.8. The lowest BCUT2D eigenvalue weighted by atomic mass is 10.1. The van der Waals surface area contributed by atoms with Crippen molar-refractivity contribution in [3.8, 4) is 11.5 Å². The van der Waals surface area contributed by atoms with Crippen LogP contribution in [0.4, 0.5) is 0 Å². The van der Waals surface area contributed by atoms with Gasteiger partial charge in [-0.05, 0) is 54.8 Å². The number of ether oxygens (including phenoxy) is 1. The third kappa shape index (κ3) is 5.00. The van der Waals surface area contributed by atoms with E-state index in [4.69, 9.17) is 16.3 Å². The Balaban J connectivity index is 1.86. The Hall–Kier alpha value is -2.53. The minimum atomic E-state index is -0.383. The fraction of sp³-hybridized carbons (Fsp3) is 0.176. The number of halogens is 1.